The smallest absolute Gasteiger partial charge is 0.143 e. The van der Waals surface area contributed by atoms with Gasteiger partial charge in [-0.05, 0) is 152 Å². The molecule has 1 heterocycles. The van der Waals surface area contributed by atoms with Crippen LogP contribution in [0.4, 0.5) is 17.1 Å². The van der Waals surface area contributed by atoms with Crippen molar-refractivity contribution in [1.82, 2.24) is 0 Å². The number of anilines is 3. The summed E-state index contributed by atoms with van der Waals surface area (Å²) in [6, 6.07) is 87.5. The van der Waals surface area contributed by atoms with Crippen molar-refractivity contribution in [2.24, 2.45) is 0 Å². The highest BCUT2D eigenvalue weighted by Crippen LogP contribution is 2.40. The van der Waals surface area contributed by atoms with Crippen LogP contribution in [0.2, 0.25) is 0 Å². The molecule has 0 unspecified atom stereocenters. The van der Waals surface area contributed by atoms with E-state index < -0.39 is 0 Å². The first-order valence-electron chi connectivity index (χ1n) is 23.9. The SMILES string of the molecule is C/C=C\C(=C/CC)c1cccc(-c2ccc(N(c3ccc(-c4cccc(-c5cccc(-c6ccccc6)c5)c4)cc3)c3ccc(-c4cccc(-c5cccc6c5oc5ccccc56)c4)cc3)cc2)c1. The fraction of sp³-hybridized carbons (Fsp3) is 0.0448. The molecule has 1 aromatic heterocycles. The fourth-order valence-electron chi connectivity index (χ4n) is 9.64. The number of hydrogen-bond donors (Lipinski definition) is 0. The average Bonchev–Trinajstić information content (AvgIpc) is 3.81. The zero-order valence-electron chi connectivity index (χ0n) is 38.9. The predicted molar refractivity (Wildman–Crippen MR) is 294 cm³/mol. The second-order valence-electron chi connectivity index (χ2n) is 17.5. The van der Waals surface area contributed by atoms with Gasteiger partial charge in [0.15, 0.2) is 0 Å². The lowest BCUT2D eigenvalue weighted by Gasteiger charge is -2.26. The van der Waals surface area contributed by atoms with Crippen LogP contribution >= 0.6 is 0 Å². The molecule has 0 atom stereocenters. The van der Waals surface area contributed by atoms with Gasteiger partial charge in [0, 0.05) is 33.4 Å². The van der Waals surface area contributed by atoms with Crippen LogP contribution in [0, 0.1) is 0 Å². The van der Waals surface area contributed by atoms with Gasteiger partial charge in [-0.15, -0.1) is 0 Å². The second kappa shape index (κ2) is 19.2. The minimum Gasteiger partial charge on any atom is -0.455 e. The van der Waals surface area contributed by atoms with Crippen molar-refractivity contribution in [2.45, 2.75) is 20.3 Å². The molecule has 2 heteroatoms. The predicted octanol–water partition coefficient (Wildman–Crippen LogP) is 19.4. The Labute approximate surface area is 405 Å². The lowest BCUT2D eigenvalue weighted by molar-refractivity contribution is 0.670. The van der Waals surface area contributed by atoms with Gasteiger partial charge >= 0.3 is 0 Å². The molecule has 11 aromatic rings. The van der Waals surface area contributed by atoms with Crippen molar-refractivity contribution < 1.29 is 4.42 Å². The summed E-state index contributed by atoms with van der Waals surface area (Å²) in [4.78, 5) is 2.35. The summed E-state index contributed by atoms with van der Waals surface area (Å²) in [6.07, 6.45) is 7.58. The van der Waals surface area contributed by atoms with Crippen LogP contribution in [0.5, 0.6) is 0 Å². The highest BCUT2D eigenvalue weighted by atomic mass is 16.3. The molecule has 0 amide bonds. The minimum absolute atomic E-state index is 0.906. The standard InChI is InChI=1S/C67H51NO/c1-3-15-47(16-4-2)52-19-10-21-54(43-52)49-31-37-60(38-32-49)68(61-39-33-50(34-40-61)55-22-12-25-58(45-55)57-24-11-20-53(44-57)48-17-6-5-7-18-48)62-41-35-51(36-42-62)56-23-13-26-59(46-56)63-28-14-29-65-64-27-8-9-30-66(64)69-67(63)65/h3,5-46H,4H2,1-2H3/b15-3-,47-16+. The van der Waals surface area contributed by atoms with Crippen LogP contribution in [0.1, 0.15) is 25.8 Å². The summed E-state index contributed by atoms with van der Waals surface area (Å²) >= 11 is 0. The molecule has 11 rings (SSSR count). The molecule has 0 spiro atoms. The number of rotatable bonds is 12. The Morgan fingerprint density at radius 2 is 0.812 bits per heavy atom. The van der Waals surface area contributed by atoms with Gasteiger partial charge in [-0.3, -0.25) is 0 Å². The number of allylic oxidation sites excluding steroid dienone is 4. The van der Waals surface area contributed by atoms with Gasteiger partial charge in [-0.1, -0.05) is 201 Å². The summed E-state index contributed by atoms with van der Waals surface area (Å²) in [7, 11) is 0. The third-order valence-electron chi connectivity index (χ3n) is 13.1. The number of furan rings is 1. The summed E-state index contributed by atoms with van der Waals surface area (Å²) in [5, 5.41) is 2.27. The number of para-hydroxylation sites is 2. The Morgan fingerprint density at radius 1 is 0.391 bits per heavy atom. The van der Waals surface area contributed by atoms with Gasteiger partial charge in [0.2, 0.25) is 0 Å². The normalized spacial score (nSPS) is 11.7. The lowest BCUT2D eigenvalue weighted by Crippen LogP contribution is -2.09. The quantitative estimate of drug-likeness (QED) is 0.114. The van der Waals surface area contributed by atoms with E-state index in [1.165, 1.54) is 50.1 Å². The van der Waals surface area contributed by atoms with Gasteiger partial charge in [0.05, 0.1) is 0 Å². The van der Waals surface area contributed by atoms with Gasteiger partial charge in [-0.2, -0.15) is 0 Å². The Kier molecular flexibility index (Phi) is 12.0. The van der Waals surface area contributed by atoms with Crippen LogP contribution in [-0.2, 0) is 0 Å². The molecule has 0 radical (unpaired) electrons. The molecule has 2 nitrogen and oxygen atoms in total. The molecule has 0 saturated heterocycles. The summed E-state index contributed by atoms with van der Waals surface area (Å²) in [5.74, 6) is 0. The zero-order valence-corrected chi connectivity index (χ0v) is 38.9. The van der Waals surface area contributed by atoms with Crippen LogP contribution in [0.15, 0.2) is 265 Å². The monoisotopic (exact) mass is 885 g/mol. The van der Waals surface area contributed by atoms with Gasteiger partial charge in [0.25, 0.3) is 0 Å². The highest BCUT2D eigenvalue weighted by molar-refractivity contribution is 6.09. The molecule has 0 bridgehead atoms. The lowest BCUT2D eigenvalue weighted by atomic mass is 9.96. The molecule has 0 saturated carbocycles. The van der Waals surface area contributed by atoms with E-state index >= 15 is 0 Å². The maximum Gasteiger partial charge on any atom is 0.143 e. The van der Waals surface area contributed by atoms with Gasteiger partial charge in [-0.25, -0.2) is 0 Å². The van der Waals surface area contributed by atoms with Crippen molar-refractivity contribution in [3.63, 3.8) is 0 Å². The molecule has 0 N–H and O–H groups in total. The maximum atomic E-state index is 6.44. The van der Waals surface area contributed by atoms with E-state index in [1.807, 2.05) is 12.1 Å². The molecule has 10 aromatic carbocycles. The molecule has 0 aliphatic carbocycles. The Balaban J connectivity index is 0.930. The molecule has 0 aliphatic heterocycles. The van der Waals surface area contributed by atoms with E-state index in [0.717, 1.165) is 73.2 Å². The van der Waals surface area contributed by atoms with E-state index in [2.05, 4.69) is 267 Å². The highest BCUT2D eigenvalue weighted by Gasteiger charge is 2.16. The first-order chi connectivity index (χ1) is 34.1. The number of hydrogen-bond acceptors (Lipinski definition) is 2. The van der Waals surface area contributed by atoms with Crippen LogP contribution < -0.4 is 4.90 Å². The summed E-state index contributed by atoms with van der Waals surface area (Å²) in [5.41, 5.74) is 21.6. The average molecular weight is 886 g/mol. The third-order valence-corrected chi connectivity index (χ3v) is 13.1. The van der Waals surface area contributed by atoms with E-state index in [0.29, 0.717) is 0 Å². The maximum absolute atomic E-state index is 6.44. The van der Waals surface area contributed by atoms with Crippen molar-refractivity contribution in [1.29, 1.82) is 0 Å². The topological polar surface area (TPSA) is 16.4 Å². The van der Waals surface area contributed by atoms with Crippen molar-refractivity contribution in [2.75, 3.05) is 4.90 Å². The summed E-state index contributed by atoms with van der Waals surface area (Å²) < 4.78 is 6.44. The van der Waals surface area contributed by atoms with Crippen LogP contribution in [0.25, 0.3) is 94.3 Å². The van der Waals surface area contributed by atoms with Gasteiger partial charge in [0.1, 0.15) is 11.2 Å². The third kappa shape index (κ3) is 8.85. The second-order valence-corrected chi connectivity index (χ2v) is 17.5. The van der Waals surface area contributed by atoms with Crippen molar-refractivity contribution >= 4 is 44.6 Å². The number of nitrogens with zero attached hydrogens (tertiary/aromatic N) is 1. The number of benzene rings is 10. The van der Waals surface area contributed by atoms with Crippen LogP contribution in [0.3, 0.4) is 0 Å². The fourth-order valence-corrected chi connectivity index (χ4v) is 9.64. The van der Waals surface area contributed by atoms with E-state index in [-0.39, 0.29) is 0 Å². The Bertz CT molecular complexity index is 3630. The van der Waals surface area contributed by atoms with E-state index in [9.17, 15) is 0 Å². The Hall–Kier alpha value is -8.72. The number of fused-ring (bicyclic) bond motifs is 3. The molecule has 0 aliphatic rings. The first kappa shape index (κ1) is 42.9. The first-order valence-corrected chi connectivity index (χ1v) is 23.9. The largest absolute Gasteiger partial charge is 0.455 e. The van der Waals surface area contributed by atoms with Crippen LogP contribution in [-0.4, -0.2) is 0 Å². The molecular weight excluding hydrogens is 835 g/mol. The molecule has 330 valence electrons. The van der Waals surface area contributed by atoms with Crippen molar-refractivity contribution in [3.8, 4) is 66.8 Å². The zero-order chi connectivity index (χ0) is 46.5. The molecular formula is C67H51NO. The van der Waals surface area contributed by atoms with E-state index in [4.69, 9.17) is 4.42 Å². The van der Waals surface area contributed by atoms with Gasteiger partial charge < -0.3 is 9.32 Å². The van der Waals surface area contributed by atoms with E-state index in [1.54, 1.807) is 0 Å². The molecule has 0 fully saturated rings. The Morgan fingerprint density at radius 3 is 1.36 bits per heavy atom. The van der Waals surface area contributed by atoms with Crippen molar-refractivity contribution in [3.05, 3.63) is 266 Å². The minimum atomic E-state index is 0.906. The summed E-state index contributed by atoms with van der Waals surface area (Å²) in [6.45, 7) is 4.26. The molecule has 69 heavy (non-hydrogen) atoms.